The van der Waals surface area contributed by atoms with E-state index in [1.165, 1.54) is 0 Å². The highest BCUT2D eigenvalue weighted by molar-refractivity contribution is 5.97. The summed E-state index contributed by atoms with van der Waals surface area (Å²) in [4.78, 5) is 23.2. The van der Waals surface area contributed by atoms with Gasteiger partial charge in [-0.25, -0.2) is 0 Å². The van der Waals surface area contributed by atoms with Gasteiger partial charge in [0.25, 0.3) is 0 Å². The molecule has 92 valence electrons. The number of esters is 1. The third-order valence-corrected chi connectivity index (χ3v) is 2.90. The molecule has 1 aliphatic carbocycles. The van der Waals surface area contributed by atoms with Gasteiger partial charge < -0.3 is 4.74 Å². The molecule has 0 unspecified atom stereocenters. The van der Waals surface area contributed by atoms with Gasteiger partial charge in [-0.2, -0.15) is 5.10 Å². The number of rotatable bonds is 3. The van der Waals surface area contributed by atoms with Crippen molar-refractivity contribution in [1.82, 2.24) is 9.78 Å². The van der Waals surface area contributed by atoms with Gasteiger partial charge in [0, 0.05) is 12.1 Å². The summed E-state index contributed by atoms with van der Waals surface area (Å²) in [6.45, 7) is 2.22. The van der Waals surface area contributed by atoms with Gasteiger partial charge in [0.05, 0.1) is 18.4 Å². The highest BCUT2D eigenvalue weighted by atomic mass is 16.5. The normalized spacial score (nSPS) is 15.2. The number of ketones is 1. The second kappa shape index (κ2) is 5.12. The van der Waals surface area contributed by atoms with E-state index in [0.29, 0.717) is 18.6 Å². The monoisotopic (exact) mass is 236 g/mol. The minimum absolute atomic E-state index is 0.0937. The van der Waals surface area contributed by atoms with Crippen LogP contribution in [0.2, 0.25) is 0 Å². The second-order valence-electron chi connectivity index (χ2n) is 4.10. The van der Waals surface area contributed by atoms with E-state index in [2.05, 4.69) is 5.10 Å². The Morgan fingerprint density at radius 2 is 2.24 bits per heavy atom. The Balaban J connectivity index is 2.19. The third kappa shape index (κ3) is 2.54. The summed E-state index contributed by atoms with van der Waals surface area (Å²) >= 11 is 0. The summed E-state index contributed by atoms with van der Waals surface area (Å²) in [7, 11) is 0. The molecule has 1 heterocycles. The van der Waals surface area contributed by atoms with Crippen LogP contribution >= 0.6 is 0 Å². The van der Waals surface area contributed by atoms with Gasteiger partial charge >= 0.3 is 5.97 Å². The number of hydrogen-bond donors (Lipinski definition) is 0. The molecule has 0 aromatic carbocycles. The van der Waals surface area contributed by atoms with Crippen LogP contribution in [0, 0.1) is 0 Å². The number of carbonyl (C=O) groups excluding carboxylic acids is 2. The van der Waals surface area contributed by atoms with Crippen LogP contribution in [0.15, 0.2) is 6.20 Å². The van der Waals surface area contributed by atoms with E-state index in [9.17, 15) is 9.59 Å². The SMILES string of the molecule is CCOC(=O)Cn1ncc2c1CCCCC2=O. The van der Waals surface area contributed by atoms with Crippen LogP contribution in [-0.2, 0) is 22.5 Å². The van der Waals surface area contributed by atoms with Crippen LogP contribution in [0.4, 0.5) is 0 Å². The zero-order chi connectivity index (χ0) is 12.3. The number of nitrogens with zero attached hydrogens (tertiary/aromatic N) is 2. The molecule has 0 N–H and O–H groups in total. The van der Waals surface area contributed by atoms with Gasteiger partial charge in [-0.1, -0.05) is 0 Å². The van der Waals surface area contributed by atoms with E-state index >= 15 is 0 Å². The summed E-state index contributed by atoms with van der Waals surface area (Å²) in [5, 5.41) is 4.11. The van der Waals surface area contributed by atoms with Crippen LogP contribution in [-0.4, -0.2) is 28.1 Å². The molecule has 1 aromatic heterocycles. The summed E-state index contributed by atoms with van der Waals surface area (Å²) in [6.07, 6.45) is 4.83. The number of hydrogen-bond acceptors (Lipinski definition) is 4. The van der Waals surface area contributed by atoms with Crippen LogP contribution in [0.25, 0.3) is 0 Å². The van der Waals surface area contributed by atoms with Crippen molar-refractivity contribution in [2.45, 2.75) is 39.2 Å². The fourth-order valence-electron chi connectivity index (χ4n) is 2.09. The minimum Gasteiger partial charge on any atom is -0.465 e. The lowest BCUT2D eigenvalue weighted by molar-refractivity contribution is -0.144. The Bertz CT molecular complexity index is 437. The van der Waals surface area contributed by atoms with Crippen LogP contribution < -0.4 is 0 Å². The molecule has 0 bridgehead atoms. The zero-order valence-electron chi connectivity index (χ0n) is 9.94. The molecule has 17 heavy (non-hydrogen) atoms. The number of aromatic nitrogens is 2. The van der Waals surface area contributed by atoms with Gasteiger partial charge in [-0.15, -0.1) is 0 Å². The fourth-order valence-corrected chi connectivity index (χ4v) is 2.09. The van der Waals surface area contributed by atoms with Crippen molar-refractivity contribution in [3.8, 4) is 0 Å². The first kappa shape index (κ1) is 11.8. The van der Waals surface area contributed by atoms with Crippen LogP contribution in [0.5, 0.6) is 0 Å². The predicted octanol–water partition coefficient (Wildman–Crippen LogP) is 1.36. The third-order valence-electron chi connectivity index (χ3n) is 2.90. The average molecular weight is 236 g/mol. The zero-order valence-corrected chi connectivity index (χ0v) is 9.94. The molecule has 2 rings (SSSR count). The predicted molar refractivity (Wildman–Crippen MR) is 60.7 cm³/mol. The maximum absolute atomic E-state index is 11.8. The van der Waals surface area contributed by atoms with Gasteiger partial charge in [0.15, 0.2) is 5.78 Å². The van der Waals surface area contributed by atoms with Crippen molar-refractivity contribution in [1.29, 1.82) is 0 Å². The topological polar surface area (TPSA) is 61.2 Å². The fraction of sp³-hybridized carbons (Fsp3) is 0.583. The highest BCUT2D eigenvalue weighted by Gasteiger charge is 2.21. The first-order chi connectivity index (χ1) is 8.22. The lowest BCUT2D eigenvalue weighted by Gasteiger charge is -2.06. The molecule has 5 heteroatoms. The van der Waals surface area contributed by atoms with Crippen LogP contribution in [0.1, 0.15) is 42.2 Å². The van der Waals surface area contributed by atoms with Crippen molar-refractivity contribution in [3.05, 3.63) is 17.5 Å². The second-order valence-corrected chi connectivity index (χ2v) is 4.10. The Hall–Kier alpha value is -1.65. The van der Waals surface area contributed by atoms with E-state index in [4.69, 9.17) is 4.74 Å². The Kier molecular flexibility index (Phi) is 3.56. The van der Waals surface area contributed by atoms with Gasteiger partial charge in [-0.3, -0.25) is 14.3 Å². The highest BCUT2D eigenvalue weighted by Crippen LogP contribution is 2.20. The molecule has 0 fully saturated rings. The average Bonchev–Trinajstić information content (AvgIpc) is 2.58. The first-order valence-electron chi connectivity index (χ1n) is 5.96. The van der Waals surface area contributed by atoms with E-state index < -0.39 is 0 Å². The molecule has 1 aromatic rings. The summed E-state index contributed by atoms with van der Waals surface area (Å²) in [6, 6.07) is 0. The lowest BCUT2D eigenvalue weighted by Crippen LogP contribution is -2.16. The molecule has 0 amide bonds. The van der Waals surface area contributed by atoms with Gasteiger partial charge in [0.2, 0.25) is 0 Å². The Labute approximate surface area is 99.8 Å². The summed E-state index contributed by atoms with van der Waals surface area (Å²) in [5.41, 5.74) is 1.55. The van der Waals surface area contributed by atoms with Gasteiger partial charge in [0.1, 0.15) is 6.54 Å². The van der Waals surface area contributed by atoms with Crippen molar-refractivity contribution in [2.75, 3.05) is 6.61 Å². The number of ether oxygens (including phenoxy) is 1. The lowest BCUT2D eigenvalue weighted by atomic mass is 10.1. The van der Waals surface area contributed by atoms with E-state index in [1.807, 2.05) is 0 Å². The summed E-state index contributed by atoms with van der Waals surface area (Å²) in [5.74, 6) is -0.178. The molecular formula is C12H16N2O3. The Morgan fingerprint density at radius 3 is 3.00 bits per heavy atom. The smallest absolute Gasteiger partial charge is 0.327 e. The maximum atomic E-state index is 11.8. The molecule has 5 nitrogen and oxygen atoms in total. The molecule has 0 atom stereocenters. The van der Waals surface area contributed by atoms with Crippen molar-refractivity contribution in [2.24, 2.45) is 0 Å². The van der Waals surface area contributed by atoms with Crippen LogP contribution in [0.3, 0.4) is 0 Å². The molecule has 1 aliphatic rings. The van der Waals surface area contributed by atoms with Crippen molar-refractivity contribution < 1.29 is 14.3 Å². The van der Waals surface area contributed by atoms with Gasteiger partial charge in [-0.05, 0) is 26.2 Å². The largest absolute Gasteiger partial charge is 0.465 e. The molecular weight excluding hydrogens is 220 g/mol. The molecule has 0 aliphatic heterocycles. The van der Waals surface area contributed by atoms with Crippen molar-refractivity contribution >= 4 is 11.8 Å². The van der Waals surface area contributed by atoms with Crippen molar-refractivity contribution in [3.63, 3.8) is 0 Å². The standard InChI is InChI=1S/C12H16N2O3/c1-2-17-12(16)8-14-10-5-3-4-6-11(15)9(10)7-13-14/h7H,2-6,8H2,1H3. The van der Waals surface area contributed by atoms with E-state index in [1.54, 1.807) is 17.8 Å². The molecule has 0 spiro atoms. The quantitative estimate of drug-likeness (QED) is 0.587. The molecule has 0 saturated heterocycles. The number of Topliss-reactive ketones (excluding diaryl/α,β-unsaturated/α-hetero) is 1. The first-order valence-corrected chi connectivity index (χ1v) is 5.96. The Morgan fingerprint density at radius 1 is 1.47 bits per heavy atom. The summed E-state index contributed by atoms with van der Waals surface area (Å²) < 4.78 is 6.47. The van der Waals surface area contributed by atoms with E-state index in [-0.39, 0.29) is 18.3 Å². The maximum Gasteiger partial charge on any atom is 0.327 e. The molecule has 0 saturated carbocycles. The minimum atomic E-state index is -0.310. The molecule has 0 radical (unpaired) electrons. The number of carbonyl (C=O) groups is 2. The number of fused-ring (bicyclic) bond motifs is 1. The van der Waals surface area contributed by atoms with E-state index in [0.717, 1.165) is 25.0 Å².